The molecule has 0 rings (SSSR count). The summed E-state index contributed by atoms with van der Waals surface area (Å²) in [6, 6.07) is 0. The molecule has 0 aromatic carbocycles. The third kappa shape index (κ3) is 147. The zero-order valence-electron chi connectivity index (χ0n) is 3.27. The molecular formula is H10B2Br3NO2. The molecule has 4 N–H and O–H groups in total. The van der Waals surface area contributed by atoms with E-state index < -0.39 is 7.25 Å². The number of nitrogens with two attached hydrogens (primary N) is 1. The van der Waals surface area contributed by atoms with Crippen LogP contribution in [-0.4, -0.2) is 25.7 Å². The Labute approximate surface area is 82.1 Å². The van der Waals surface area contributed by atoms with Crippen molar-refractivity contribution < 1.29 is 10.0 Å². The first kappa shape index (κ1) is 34.1. The average molecular weight is 317 g/mol. The van der Waals surface area contributed by atoms with Gasteiger partial charge in [0.25, 0.3) is 0 Å². The first-order valence-corrected chi connectivity index (χ1v) is 0.850. The highest BCUT2D eigenvalue weighted by Gasteiger charge is 1.88. The van der Waals surface area contributed by atoms with Crippen molar-refractivity contribution in [1.82, 2.24) is 0 Å². The molecule has 0 heterocycles. The SMILES string of the molecule is B.Br.Br.Br.NB(O)O. The Bertz CT molecular complexity index is 20.0. The molecule has 0 aromatic heterocycles. The van der Waals surface area contributed by atoms with Gasteiger partial charge < -0.3 is 15.7 Å². The minimum absolute atomic E-state index is 0. The van der Waals surface area contributed by atoms with E-state index in [0.29, 0.717) is 0 Å². The van der Waals surface area contributed by atoms with Gasteiger partial charge in [0.05, 0.1) is 8.41 Å². The normalized spacial score (nSPS) is 3.38. The fraction of sp³-hybridized carbons (Fsp3) is 0. The summed E-state index contributed by atoms with van der Waals surface area (Å²) in [5.41, 5.74) is 4.22. The smallest absolute Gasteiger partial charge is 0.413 e. The average Bonchev–Trinajstić information content (AvgIpc) is 0.811. The van der Waals surface area contributed by atoms with Crippen molar-refractivity contribution in [1.29, 1.82) is 0 Å². The second-order valence-electron chi connectivity index (χ2n) is 0.414. The molecule has 0 fully saturated rings. The molecule has 0 atom stereocenters. The van der Waals surface area contributed by atoms with Crippen molar-refractivity contribution in [3.05, 3.63) is 0 Å². The number of halogens is 3. The van der Waals surface area contributed by atoms with Crippen LogP contribution in [0.15, 0.2) is 0 Å². The summed E-state index contributed by atoms with van der Waals surface area (Å²) < 4.78 is 0. The van der Waals surface area contributed by atoms with Gasteiger partial charge in [0.15, 0.2) is 0 Å². The van der Waals surface area contributed by atoms with E-state index in [2.05, 4.69) is 5.64 Å². The van der Waals surface area contributed by atoms with Gasteiger partial charge in [-0.3, -0.25) is 0 Å². The first-order valence-electron chi connectivity index (χ1n) is 0.850. The van der Waals surface area contributed by atoms with E-state index in [1.54, 1.807) is 0 Å². The Morgan fingerprint density at radius 3 is 1.00 bits per heavy atom. The van der Waals surface area contributed by atoms with Gasteiger partial charge in [0.2, 0.25) is 0 Å². The van der Waals surface area contributed by atoms with Crippen LogP contribution >= 0.6 is 50.9 Å². The Kier molecular flexibility index (Phi) is 101. The van der Waals surface area contributed by atoms with Crippen molar-refractivity contribution in [2.45, 2.75) is 0 Å². The van der Waals surface area contributed by atoms with Crippen LogP contribution in [0.4, 0.5) is 0 Å². The van der Waals surface area contributed by atoms with E-state index in [-0.39, 0.29) is 59.4 Å². The van der Waals surface area contributed by atoms with E-state index in [9.17, 15) is 0 Å². The van der Waals surface area contributed by atoms with Gasteiger partial charge >= 0.3 is 7.25 Å². The fourth-order valence-corrected chi connectivity index (χ4v) is 0. The van der Waals surface area contributed by atoms with Crippen molar-refractivity contribution in [3.63, 3.8) is 0 Å². The van der Waals surface area contributed by atoms with Crippen LogP contribution in [0.1, 0.15) is 0 Å². The summed E-state index contributed by atoms with van der Waals surface area (Å²) >= 11 is 0. The van der Waals surface area contributed by atoms with E-state index in [1.165, 1.54) is 0 Å². The van der Waals surface area contributed by atoms with Gasteiger partial charge in [0.1, 0.15) is 0 Å². The number of hydrogen-bond donors (Lipinski definition) is 3. The highest BCUT2D eigenvalue weighted by Crippen LogP contribution is 1.31. The summed E-state index contributed by atoms with van der Waals surface area (Å²) in [6.07, 6.45) is 0. The summed E-state index contributed by atoms with van der Waals surface area (Å²) in [4.78, 5) is 0. The third-order valence-corrected chi connectivity index (χ3v) is 0. The predicted octanol–water partition coefficient (Wildman–Crippen LogP) is -1.54. The molecule has 3 nitrogen and oxygen atoms in total. The van der Waals surface area contributed by atoms with Gasteiger partial charge in [-0.2, -0.15) is 0 Å². The summed E-state index contributed by atoms with van der Waals surface area (Å²) in [5, 5.41) is 14.8. The maximum absolute atomic E-state index is 7.39. The molecule has 54 valence electrons. The molecule has 0 unspecified atom stereocenters. The van der Waals surface area contributed by atoms with Gasteiger partial charge in [-0.15, -0.1) is 50.9 Å². The Hall–Kier alpha value is 1.45. The summed E-state index contributed by atoms with van der Waals surface area (Å²) in [6.45, 7) is 0. The monoisotopic (exact) mass is 315 g/mol. The Morgan fingerprint density at radius 2 is 1.00 bits per heavy atom. The highest BCUT2D eigenvalue weighted by atomic mass is 79.9. The van der Waals surface area contributed by atoms with Crippen LogP contribution in [-0.2, 0) is 0 Å². The lowest BCUT2D eigenvalue weighted by molar-refractivity contribution is 0.409. The maximum atomic E-state index is 7.39. The number of rotatable bonds is 0. The molecule has 0 aliphatic heterocycles. The fourth-order valence-electron chi connectivity index (χ4n) is 0. The van der Waals surface area contributed by atoms with E-state index in [0.717, 1.165) is 0 Å². The van der Waals surface area contributed by atoms with E-state index >= 15 is 0 Å². The van der Waals surface area contributed by atoms with Crippen LogP contribution in [0.25, 0.3) is 0 Å². The van der Waals surface area contributed by atoms with Crippen molar-refractivity contribution in [3.8, 4) is 0 Å². The standard InChI is InChI=1S/BH4NO2.BH3.3BrH/c2-1(3)4;;;;/h3-4H,2H2;1H3;3*1H. The van der Waals surface area contributed by atoms with Crippen molar-refractivity contribution in [2.75, 3.05) is 0 Å². The van der Waals surface area contributed by atoms with Gasteiger partial charge in [0, 0.05) is 0 Å². The van der Waals surface area contributed by atoms with Gasteiger partial charge in [-0.05, 0) is 0 Å². The molecule has 0 saturated carbocycles. The molecule has 0 aliphatic carbocycles. The Morgan fingerprint density at radius 1 is 1.00 bits per heavy atom. The van der Waals surface area contributed by atoms with Crippen molar-refractivity contribution >= 4 is 66.6 Å². The van der Waals surface area contributed by atoms with Crippen LogP contribution < -0.4 is 5.64 Å². The number of hydrogen-bond acceptors (Lipinski definition) is 3. The topological polar surface area (TPSA) is 66.5 Å². The zero-order chi connectivity index (χ0) is 3.58. The second-order valence-corrected chi connectivity index (χ2v) is 0.414. The molecule has 0 spiro atoms. The van der Waals surface area contributed by atoms with Crippen LogP contribution in [0, 0.1) is 0 Å². The van der Waals surface area contributed by atoms with Gasteiger partial charge in [-0.1, -0.05) is 0 Å². The zero-order valence-corrected chi connectivity index (χ0v) is 8.41. The molecule has 8 heteroatoms. The minimum Gasteiger partial charge on any atom is -0.413 e. The molecule has 0 bridgehead atoms. The van der Waals surface area contributed by atoms with Crippen LogP contribution in [0.5, 0.6) is 0 Å². The predicted molar refractivity (Wildman–Crippen MR) is 55.3 cm³/mol. The third-order valence-electron chi connectivity index (χ3n) is 0. The first-order chi connectivity index (χ1) is 1.73. The molecule has 0 aliphatic rings. The lowest BCUT2D eigenvalue weighted by Crippen LogP contribution is -2.23. The van der Waals surface area contributed by atoms with Gasteiger partial charge in [-0.25, -0.2) is 0 Å². The molecule has 0 amide bonds. The molecular weight excluding hydrogens is 307 g/mol. The summed E-state index contributed by atoms with van der Waals surface area (Å²) in [7, 11) is -1.67. The molecule has 0 saturated heterocycles. The highest BCUT2D eigenvalue weighted by molar-refractivity contribution is 8.93. The quantitative estimate of drug-likeness (QED) is 0.475. The molecule has 0 aromatic rings. The second kappa shape index (κ2) is 23.7. The molecule has 8 heavy (non-hydrogen) atoms. The lowest BCUT2D eigenvalue weighted by Gasteiger charge is -1.71. The maximum Gasteiger partial charge on any atom is 0.546 e. The van der Waals surface area contributed by atoms with E-state index in [1.807, 2.05) is 0 Å². The molecule has 0 radical (unpaired) electrons. The summed E-state index contributed by atoms with van der Waals surface area (Å²) in [5.74, 6) is 0. The van der Waals surface area contributed by atoms with Crippen molar-refractivity contribution in [2.24, 2.45) is 5.64 Å². The van der Waals surface area contributed by atoms with Crippen LogP contribution in [0.3, 0.4) is 0 Å². The van der Waals surface area contributed by atoms with Crippen LogP contribution in [0.2, 0.25) is 0 Å². The Balaban J connectivity index is -0.00000000750. The lowest BCUT2D eigenvalue weighted by atomic mass is 10.2. The van der Waals surface area contributed by atoms with E-state index in [4.69, 9.17) is 10.0 Å². The minimum atomic E-state index is -1.67. The largest absolute Gasteiger partial charge is 0.546 e.